The zero-order chi connectivity index (χ0) is 20.9. The molecule has 3 heterocycles. The molecule has 7 nitrogen and oxygen atoms in total. The number of ether oxygens (including phenoxy) is 1. The van der Waals surface area contributed by atoms with Gasteiger partial charge in [-0.15, -0.1) is 0 Å². The number of imidazole rings is 1. The van der Waals surface area contributed by atoms with E-state index in [1.165, 1.54) is 9.80 Å². The molecule has 1 unspecified atom stereocenters. The summed E-state index contributed by atoms with van der Waals surface area (Å²) in [6, 6.07) is 12.2. The average Bonchev–Trinajstić information content (AvgIpc) is 3.44. The number of halogens is 2. The van der Waals surface area contributed by atoms with Crippen molar-refractivity contribution < 1.29 is 18.3 Å². The maximum Gasteiger partial charge on any atom is 0.415 e. The van der Waals surface area contributed by atoms with Crippen LogP contribution in [0.2, 0.25) is 0 Å². The number of fused-ring (bicyclic) bond motifs is 1. The molecule has 0 saturated carbocycles. The number of carbonyl (C=O) groups is 1. The number of cyclic esters (lactones) is 1. The van der Waals surface area contributed by atoms with Crippen molar-refractivity contribution in [3.8, 4) is 6.07 Å². The van der Waals surface area contributed by atoms with E-state index in [-0.39, 0.29) is 19.6 Å². The predicted octanol–water partition coefficient (Wildman–Crippen LogP) is 3.98. The van der Waals surface area contributed by atoms with E-state index in [2.05, 4.69) is 16.0 Å². The monoisotopic (exact) mass is 409 g/mol. The lowest BCUT2D eigenvalue weighted by Gasteiger charge is -2.24. The van der Waals surface area contributed by atoms with Gasteiger partial charge in [0.2, 0.25) is 0 Å². The molecule has 1 N–H and O–H groups in total. The number of alkyl halides is 2. The number of hydrogen-bond acceptors (Lipinski definition) is 5. The molecule has 30 heavy (non-hydrogen) atoms. The van der Waals surface area contributed by atoms with Crippen molar-refractivity contribution in [2.45, 2.75) is 18.4 Å². The van der Waals surface area contributed by atoms with Gasteiger partial charge in [-0.3, -0.25) is 4.90 Å². The lowest BCUT2D eigenvalue weighted by Crippen LogP contribution is -2.28. The summed E-state index contributed by atoms with van der Waals surface area (Å²) in [6.07, 6.45) is 0.860. The summed E-state index contributed by atoms with van der Waals surface area (Å²) in [5.41, 5.74) is 3.67. The molecular formula is C21H17F2N5O2. The highest BCUT2D eigenvalue weighted by atomic mass is 19.3. The minimum atomic E-state index is -2.75. The van der Waals surface area contributed by atoms with Crippen molar-refractivity contribution in [2.75, 3.05) is 29.5 Å². The summed E-state index contributed by atoms with van der Waals surface area (Å²) in [4.78, 5) is 22.7. The van der Waals surface area contributed by atoms with E-state index < -0.39 is 24.6 Å². The molecule has 3 aromatic rings. The zero-order valence-corrected chi connectivity index (χ0v) is 15.8. The number of hydrogen-bond donors (Lipinski definition) is 1. The van der Waals surface area contributed by atoms with E-state index in [0.717, 1.165) is 5.52 Å². The molecule has 5 rings (SSSR count). The zero-order valence-electron chi connectivity index (χ0n) is 15.8. The summed E-state index contributed by atoms with van der Waals surface area (Å²) in [6.45, 7) is -0.0762. The van der Waals surface area contributed by atoms with E-state index >= 15 is 0 Å². The standard InChI is InChI=1S/C21H17F2N5O2/c22-21(23)5-6-27(11-21)18-4-1-13(7-14(18)9-24)19-10-30-20(29)28(19)15-2-3-16-17(8-15)26-12-25-16/h1-4,7-8,12,19H,5-6,10-11H2,(H,25,26). The van der Waals surface area contributed by atoms with Crippen LogP contribution in [-0.2, 0) is 4.74 Å². The first-order valence-corrected chi connectivity index (χ1v) is 9.51. The van der Waals surface area contributed by atoms with Gasteiger partial charge >= 0.3 is 6.09 Å². The number of anilines is 2. The summed E-state index contributed by atoms with van der Waals surface area (Å²) >= 11 is 0. The SMILES string of the molecule is N#Cc1cc(C2COC(=O)N2c2ccc3[nH]cnc3c2)ccc1N1CCC(F)(F)C1. The van der Waals surface area contributed by atoms with Gasteiger partial charge in [0.05, 0.1) is 46.9 Å². The summed E-state index contributed by atoms with van der Waals surface area (Å²) < 4.78 is 32.5. The maximum absolute atomic E-state index is 13.6. The van der Waals surface area contributed by atoms with Crippen molar-refractivity contribution in [3.63, 3.8) is 0 Å². The normalized spacial score (nSPS) is 20.6. The molecule has 1 atom stereocenters. The molecule has 2 fully saturated rings. The van der Waals surface area contributed by atoms with Crippen molar-refractivity contribution in [1.29, 1.82) is 5.26 Å². The molecule has 0 aliphatic carbocycles. The molecule has 2 aliphatic rings. The topological polar surface area (TPSA) is 85.2 Å². The number of benzene rings is 2. The molecule has 0 radical (unpaired) electrons. The van der Waals surface area contributed by atoms with Crippen LogP contribution in [0, 0.1) is 11.3 Å². The largest absolute Gasteiger partial charge is 0.447 e. The lowest BCUT2D eigenvalue weighted by atomic mass is 10.0. The van der Waals surface area contributed by atoms with Crippen LogP contribution in [0.5, 0.6) is 0 Å². The third-order valence-electron chi connectivity index (χ3n) is 5.59. The second kappa shape index (κ2) is 6.69. The highest BCUT2D eigenvalue weighted by Crippen LogP contribution is 2.37. The summed E-state index contributed by atoms with van der Waals surface area (Å²) in [7, 11) is 0. The number of aromatic nitrogens is 2. The van der Waals surface area contributed by atoms with Gasteiger partial charge in [-0.2, -0.15) is 5.26 Å². The van der Waals surface area contributed by atoms with Crippen LogP contribution in [0.4, 0.5) is 25.0 Å². The Morgan fingerprint density at radius 2 is 2.13 bits per heavy atom. The number of nitrogens with one attached hydrogen (secondary N) is 1. The number of rotatable bonds is 3. The second-order valence-corrected chi connectivity index (χ2v) is 7.48. The number of amides is 1. The predicted molar refractivity (Wildman–Crippen MR) is 106 cm³/mol. The molecule has 2 saturated heterocycles. The molecule has 152 valence electrons. The van der Waals surface area contributed by atoms with E-state index in [9.17, 15) is 18.8 Å². The molecule has 2 aliphatic heterocycles. The van der Waals surface area contributed by atoms with E-state index in [1.807, 2.05) is 6.07 Å². The van der Waals surface area contributed by atoms with Gasteiger partial charge in [0.1, 0.15) is 12.7 Å². The van der Waals surface area contributed by atoms with Gasteiger partial charge in [-0.1, -0.05) is 6.07 Å². The van der Waals surface area contributed by atoms with Gasteiger partial charge in [0, 0.05) is 13.0 Å². The van der Waals surface area contributed by atoms with Crippen LogP contribution >= 0.6 is 0 Å². The number of carbonyl (C=O) groups excluding carboxylic acids is 1. The van der Waals surface area contributed by atoms with Crippen molar-refractivity contribution in [2.24, 2.45) is 0 Å². The second-order valence-electron chi connectivity index (χ2n) is 7.48. The Morgan fingerprint density at radius 3 is 2.90 bits per heavy atom. The fourth-order valence-corrected chi connectivity index (χ4v) is 4.09. The number of nitriles is 1. The van der Waals surface area contributed by atoms with E-state index in [0.29, 0.717) is 28.0 Å². The van der Waals surface area contributed by atoms with Gasteiger partial charge in [-0.25, -0.2) is 18.6 Å². The Morgan fingerprint density at radius 1 is 1.27 bits per heavy atom. The Hall–Kier alpha value is -3.67. The quantitative estimate of drug-likeness (QED) is 0.707. The third-order valence-corrected chi connectivity index (χ3v) is 5.59. The Labute approximate surface area is 170 Å². The Kier molecular flexibility index (Phi) is 4.10. The first-order chi connectivity index (χ1) is 14.4. The third kappa shape index (κ3) is 3.01. The fraction of sp³-hybridized carbons (Fsp3) is 0.286. The summed E-state index contributed by atoms with van der Waals surface area (Å²) in [5, 5.41) is 9.62. The highest BCUT2D eigenvalue weighted by Gasteiger charge is 2.40. The molecular weight excluding hydrogens is 392 g/mol. The first-order valence-electron chi connectivity index (χ1n) is 9.51. The van der Waals surface area contributed by atoms with Crippen LogP contribution in [0.1, 0.15) is 23.6 Å². The average molecular weight is 409 g/mol. The van der Waals surface area contributed by atoms with Crippen molar-refractivity contribution in [3.05, 3.63) is 53.9 Å². The first kappa shape index (κ1) is 18.4. The molecule has 0 bridgehead atoms. The molecule has 2 aromatic carbocycles. The van der Waals surface area contributed by atoms with Crippen LogP contribution in [0.3, 0.4) is 0 Å². The molecule has 1 aromatic heterocycles. The van der Waals surface area contributed by atoms with Gasteiger partial charge in [0.25, 0.3) is 5.92 Å². The molecule has 9 heteroatoms. The molecule has 1 amide bonds. The van der Waals surface area contributed by atoms with E-state index in [1.54, 1.807) is 36.7 Å². The van der Waals surface area contributed by atoms with Crippen molar-refractivity contribution in [1.82, 2.24) is 9.97 Å². The van der Waals surface area contributed by atoms with Gasteiger partial charge < -0.3 is 14.6 Å². The van der Waals surface area contributed by atoms with Crippen LogP contribution in [-0.4, -0.2) is 41.7 Å². The Balaban J connectivity index is 1.49. The minimum Gasteiger partial charge on any atom is -0.447 e. The summed E-state index contributed by atoms with van der Waals surface area (Å²) in [5.74, 6) is -2.75. The van der Waals surface area contributed by atoms with Crippen LogP contribution in [0.15, 0.2) is 42.7 Å². The van der Waals surface area contributed by atoms with E-state index in [4.69, 9.17) is 4.74 Å². The van der Waals surface area contributed by atoms with Crippen molar-refractivity contribution >= 4 is 28.5 Å². The Bertz CT molecular complexity index is 1190. The van der Waals surface area contributed by atoms with Crippen LogP contribution in [0.25, 0.3) is 11.0 Å². The van der Waals surface area contributed by atoms with Gasteiger partial charge in [0.15, 0.2) is 0 Å². The number of aromatic amines is 1. The highest BCUT2D eigenvalue weighted by molar-refractivity contribution is 5.93. The maximum atomic E-state index is 13.6. The number of nitrogens with zero attached hydrogens (tertiary/aromatic N) is 4. The smallest absolute Gasteiger partial charge is 0.415 e. The fourth-order valence-electron chi connectivity index (χ4n) is 4.09. The molecule has 0 spiro atoms. The van der Waals surface area contributed by atoms with Crippen LogP contribution < -0.4 is 9.80 Å². The minimum absolute atomic E-state index is 0.128. The number of H-pyrrole nitrogens is 1. The van der Waals surface area contributed by atoms with Gasteiger partial charge in [-0.05, 0) is 35.9 Å². The lowest BCUT2D eigenvalue weighted by molar-refractivity contribution is 0.0257.